The third-order valence-electron chi connectivity index (χ3n) is 9.07. The molecule has 1 N–H and O–H groups in total. The fourth-order valence-electron chi connectivity index (χ4n) is 6.54. The van der Waals surface area contributed by atoms with Crippen LogP contribution >= 0.6 is 11.3 Å². The molecule has 0 radical (unpaired) electrons. The van der Waals surface area contributed by atoms with Gasteiger partial charge < -0.3 is 4.42 Å². The van der Waals surface area contributed by atoms with E-state index in [0.29, 0.717) is 11.4 Å². The molecule has 0 aliphatic carbocycles. The van der Waals surface area contributed by atoms with Crippen LogP contribution in [0.3, 0.4) is 0 Å². The number of hydrogen-bond acceptors (Lipinski definition) is 3. The first-order valence-electron chi connectivity index (χ1n) is 16.5. The van der Waals surface area contributed by atoms with Gasteiger partial charge in [-0.3, -0.25) is 5.41 Å². The van der Waals surface area contributed by atoms with Crippen molar-refractivity contribution in [1.29, 1.82) is 5.41 Å². The van der Waals surface area contributed by atoms with Crippen molar-refractivity contribution in [3.63, 3.8) is 0 Å². The van der Waals surface area contributed by atoms with E-state index in [9.17, 15) is 0 Å². The molecule has 0 spiro atoms. The van der Waals surface area contributed by atoms with Gasteiger partial charge in [-0.25, -0.2) is 9.98 Å². The fourth-order valence-corrected chi connectivity index (χ4v) is 7.72. The van der Waals surface area contributed by atoms with Crippen LogP contribution in [0.1, 0.15) is 16.7 Å². The second-order valence-corrected chi connectivity index (χ2v) is 13.2. The molecule has 4 nitrogen and oxygen atoms in total. The predicted octanol–water partition coefficient (Wildman–Crippen LogP) is 12.2. The monoisotopic (exact) mass is 659 g/mol. The molecule has 5 heteroatoms. The molecule has 0 amide bonds. The largest absolute Gasteiger partial charge is 0.456 e. The molecule has 0 unspecified atom stereocenters. The first kappa shape index (κ1) is 29.7. The maximum absolute atomic E-state index is 9.17. The topological polar surface area (TPSA) is 61.7 Å². The molecule has 9 aromatic rings. The van der Waals surface area contributed by atoms with E-state index in [1.54, 1.807) is 11.3 Å². The van der Waals surface area contributed by atoms with Crippen LogP contribution in [-0.4, -0.2) is 17.9 Å². The molecule has 7 aromatic carbocycles. The number of thiophene rings is 1. The number of hydrogen-bond donors (Lipinski definition) is 1. The Morgan fingerprint density at radius 1 is 0.520 bits per heavy atom. The highest BCUT2D eigenvalue weighted by Crippen LogP contribution is 2.35. The number of rotatable bonds is 5. The maximum atomic E-state index is 9.17. The average Bonchev–Trinajstić information content (AvgIpc) is 3.75. The van der Waals surface area contributed by atoms with Gasteiger partial charge in [0, 0.05) is 53.8 Å². The lowest BCUT2D eigenvalue weighted by atomic mass is 9.99. The van der Waals surface area contributed by atoms with E-state index in [1.165, 1.54) is 31.3 Å². The molecule has 0 atom stereocenters. The van der Waals surface area contributed by atoms with Crippen LogP contribution in [0.4, 0.5) is 0 Å². The molecule has 50 heavy (non-hydrogen) atoms. The molecular weight excluding hydrogens is 631 g/mol. The summed E-state index contributed by atoms with van der Waals surface area (Å²) >= 11 is 1.77. The minimum absolute atomic E-state index is 0.127. The van der Waals surface area contributed by atoms with Gasteiger partial charge in [0.15, 0.2) is 11.7 Å². The molecule has 0 bridgehead atoms. The van der Waals surface area contributed by atoms with Gasteiger partial charge in [-0.05, 0) is 58.7 Å². The van der Waals surface area contributed by atoms with Gasteiger partial charge in [-0.2, -0.15) is 0 Å². The van der Waals surface area contributed by atoms with Crippen molar-refractivity contribution in [3.05, 3.63) is 180 Å². The van der Waals surface area contributed by atoms with E-state index >= 15 is 0 Å². The number of amidine groups is 2. The highest BCUT2D eigenvalue weighted by atomic mass is 32.1. The molecular formula is C45H29N3OS. The van der Waals surface area contributed by atoms with Crippen LogP contribution in [0.5, 0.6) is 0 Å². The van der Waals surface area contributed by atoms with Crippen molar-refractivity contribution in [2.75, 3.05) is 0 Å². The van der Waals surface area contributed by atoms with E-state index in [1.807, 2.05) is 66.9 Å². The summed E-state index contributed by atoms with van der Waals surface area (Å²) < 4.78 is 8.46. The summed E-state index contributed by atoms with van der Waals surface area (Å²) in [5.41, 5.74) is 8.64. The first-order valence-corrected chi connectivity index (χ1v) is 17.3. The number of para-hydroxylation sites is 1. The van der Waals surface area contributed by atoms with Crippen molar-refractivity contribution in [3.8, 4) is 22.3 Å². The minimum Gasteiger partial charge on any atom is -0.456 e. The van der Waals surface area contributed by atoms with E-state index in [2.05, 4.69) is 103 Å². The summed E-state index contributed by atoms with van der Waals surface area (Å²) in [5.74, 6) is 0.593. The van der Waals surface area contributed by atoms with Crippen LogP contribution in [0.15, 0.2) is 178 Å². The Morgan fingerprint density at radius 3 is 2.04 bits per heavy atom. The molecule has 0 aliphatic heterocycles. The molecule has 0 saturated heterocycles. The number of nitrogens with one attached hydrogen (secondary N) is 1. The van der Waals surface area contributed by atoms with Crippen molar-refractivity contribution in [2.24, 2.45) is 9.98 Å². The highest BCUT2D eigenvalue weighted by molar-refractivity contribution is 7.26. The summed E-state index contributed by atoms with van der Waals surface area (Å²) in [6, 6.07) is 55.8. The zero-order valence-electron chi connectivity index (χ0n) is 26.9. The molecule has 9 rings (SSSR count). The Bertz CT molecular complexity index is 2770. The Morgan fingerprint density at radius 2 is 1.18 bits per heavy atom. The SMILES string of the molecule is N=C(N=C(N=Cc1cccc2c1sc1ccccc12)c1cccc(-c2ccc(-c3ccccc3)cc2)c1)c1ccc2oc3ccccc3c2c1. The summed E-state index contributed by atoms with van der Waals surface area (Å²) in [4.78, 5) is 9.90. The van der Waals surface area contributed by atoms with Gasteiger partial charge in [0.1, 0.15) is 11.2 Å². The molecule has 2 heterocycles. The van der Waals surface area contributed by atoms with Gasteiger partial charge in [0.2, 0.25) is 0 Å². The normalized spacial score (nSPS) is 12.1. The molecule has 236 valence electrons. The van der Waals surface area contributed by atoms with Gasteiger partial charge >= 0.3 is 0 Å². The Hall–Kier alpha value is -6.43. The quantitative estimate of drug-likeness (QED) is 0.145. The first-order chi connectivity index (χ1) is 24.7. The van der Waals surface area contributed by atoms with Crippen LogP contribution in [0, 0.1) is 5.41 Å². The number of furan rings is 1. The third kappa shape index (κ3) is 5.50. The van der Waals surface area contributed by atoms with Gasteiger partial charge in [-0.1, -0.05) is 127 Å². The molecule has 0 aliphatic rings. The number of fused-ring (bicyclic) bond motifs is 6. The summed E-state index contributed by atoms with van der Waals surface area (Å²) in [6.07, 6.45) is 1.89. The van der Waals surface area contributed by atoms with E-state index in [0.717, 1.165) is 44.2 Å². The molecule has 0 fully saturated rings. The Balaban J connectivity index is 1.13. The number of nitrogens with zero attached hydrogens (tertiary/aromatic N) is 2. The standard InChI is InChI=1S/C45H29N3OS/c46-44(33-24-25-41-39(27-33)36-15-4-6-18-40(36)49-41)48-45(47-28-35-14-9-17-38-37-16-5-7-19-42(37)50-43(35)38)34-13-8-12-32(26-34)31-22-20-30(21-23-31)29-10-2-1-3-11-29/h1-28,46H. The summed E-state index contributed by atoms with van der Waals surface area (Å²) in [7, 11) is 0. The van der Waals surface area contributed by atoms with Crippen LogP contribution in [0.2, 0.25) is 0 Å². The summed E-state index contributed by atoms with van der Waals surface area (Å²) in [5, 5.41) is 13.6. The van der Waals surface area contributed by atoms with Crippen LogP contribution < -0.4 is 0 Å². The fraction of sp³-hybridized carbons (Fsp3) is 0. The highest BCUT2D eigenvalue weighted by Gasteiger charge is 2.13. The Kier molecular flexibility index (Phi) is 7.45. The van der Waals surface area contributed by atoms with E-state index in [-0.39, 0.29) is 5.84 Å². The number of benzene rings is 7. The maximum Gasteiger partial charge on any atom is 0.161 e. The predicted molar refractivity (Wildman–Crippen MR) is 211 cm³/mol. The smallest absolute Gasteiger partial charge is 0.161 e. The number of aliphatic imine (C=N–C) groups is 2. The third-order valence-corrected chi connectivity index (χ3v) is 10.3. The van der Waals surface area contributed by atoms with Crippen molar-refractivity contribution in [2.45, 2.75) is 0 Å². The lowest BCUT2D eigenvalue weighted by Crippen LogP contribution is -2.05. The van der Waals surface area contributed by atoms with Crippen molar-refractivity contribution in [1.82, 2.24) is 0 Å². The van der Waals surface area contributed by atoms with Gasteiger partial charge in [0.25, 0.3) is 0 Å². The average molecular weight is 660 g/mol. The van der Waals surface area contributed by atoms with E-state index in [4.69, 9.17) is 19.8 Å². The van der Waals surface area contributed by atoms with Crippen molar-refractivity contribution < 1.29 is 4.42 Å². The molecule has 2 aromatic heterocycles. The summed E-state index contributed by atoms with van der Waals surface area (Å²) in [6.45, 7) is 0. The molecule has 0 saturated carbocycles. The Labute approximate surface area is 292 Å². The van der Waals surface area contributed by atoms with E-state index < -0.39 is 0 Å². The van der Waals surface area contributed by atoms with Gasteiger partial charge in [-0.15, -0.1) is 11.3 Å². The lowest BCUT2D eigenvalue weighted by molar-refractivity contribution is 0.669. The van der Waals surface area contributed by atoms with Gasteiger partial charge in [0.05, 0.1) is 0 Å². The second-order valence-electron chi connectivity index (χ2n) is 12.2. The van der Waals surface area contributed by atoms with Crippen LogP contribution in [-0.2, 0) is 0 Å². The zero-order chi connectivity index (χ0) is 33.4. The minimum atomic E-state index is 0.127. The van der Waals surface area contributed by atoms with Crippen LogP contribution in [0.25, 0.3) is 64.4 Å². The van der Waals surface area contributed by atoms with Crippen molar-refractivity contribution >= 4 is 71.3 Å². The second kappa shape index (κ2) is 12.5. The zero-order valence-corrected chi connectivity index (χ0v) is 27.7. The lowest BCUT2D eigenvalue weighted by Gasteiger charge is -2.08.